The first kappa shape index (κ1) is 16.9. The number of phenols is 3. The summed E-state index contributed by atoms with van der Waals surface area (Å²) >= 11 is 0. The average molecular weight is 356 g/mol. The lowest BCUT2D eigenvalue weighted by Gasteiger charge is -2.02. The van der Waals surface area contributed by atoms with Gasteiger partial charge in [-0.05, 0) is 42.0 Å². The van der Waals surface area contributed by atoms with Gasteiger partial charge in [0.05, 0.1) is 0 Å². The molecule has 26 heavy (non-hydrogen) atoms. The van der Waals surface area contributed by atoms with Crippen molar-refractivity contribution in [2.75, 3.05) is 0 Å². The van der Waals surface area contributed by atoms with E-state index >= 15 is 0 Å². The van der Waals surface area contributed by atoms with Crippen molar-refractivity contribution < 1.29 is 39.5 Å². The third-order valence-electron chi connectivity index (χ3n) is 3.66. The van der Waals surface area contributed by atoms with Gasteiger partial charge in [-0.15, -0.1) is 0 Å². The first-order chi connectivity index (χ1) is 12.3. The minimum Gasteiger partial charge on any atom is -0.504 e. The Balaban J connectivity index is 2.29. The number of benzene rings is 2. The smallest absolute Gasteiger partial charge is 0.340 e. The number of furan rings is 1. The van der Waals surface area contributed by atoms with Crippen LogP contribution in [0.15, 0.2) is 40.8 Å². The second-order valence-electron chi connectivity index (χ2n) is 5.40. The summed E-state index contributed by atoms with van der Waals surface area (Å²) in [5.74, 6) is -3.89. The van der Waals surface area contributed by atoms with Gasteiger partial charge in [0.25, 0.3) is 0 Å². The Bertz CT molecular complexity index is 1070. The molecule has 0 bridgehead atoms. The molecule has 8 nitrogen and oxygen atoms in total. The molecule has 0 atom stereocenters. The molecule has 8 heteroatoms. The molecular weight excluding hydrogens is 344 g/mol. The van der Waals surface area contributed by atoms with Gasteiger partial charge in [0.2, 0.25) is 0 Å². The lowest BCUT2D eigenvalue weighted by atomic mass is 10.0. The number of phenolic OH excluding ortho intramolecular Hbond substituents is 3. The van der Waals surface area contributed by atoms with Gasteiger partial charge in [0.1, 0.15) is 11.3 Å². The van der Waals surface area contributed by atoms with Gasteiger partial charge in [-0.1, -0.05) is 0 Å². The Morgan fingerprint density at radius 2 is 1.65 bits per heavy atom. The van der Waals surface area contributed by atoms with E-state index < -0.39 is 17.7 Å². The number of aromatic hydroxyl groups is 3. The van der Waals surface area contributed by atoms with Crippen molar-refractivity contribution in [3.05, 3.63) is 47.5 Å². The van der Waals surface area contributed by atoms with Gasteiger partial charge >= 0.3 is 11.9 Å². The topological polar surface area (TPSA) is 148 Å². The van der Waals surface area contributed by atoms with Gasteiger partial charge in [0, 0.05) is 17.0 Å². The summed E-state index contributed by atoms with van der Waals surface area (Å²) in [6, 6.07) is 6.24. The Kier molecular flexibility index (Phi) is 4.01. The molecule has 1 heterocycles. The Hall–Kier alpha value is -3.94. The van der Waals surface area contributed by atoms with Gasteiger partial charge in [-0.25, -0.2) is 9.59 Å². The number of fused-ring (bicyclic) bond motifs is 1. The lowest BCUT2D eigenvalue weighted by Crippen LogP contribution is -1.97. The van der Waals surface area contributed by atoms with Gasteiger partial charge in [0.15, 0.2) is 22.8 Å². The number of hydrogen-bond acceptors (Lipinski definition) is 6. The van der Waals surface area contributed by atoms with Crippen molar-refractivity contribution in [2.24, 2.45) is 0 Å². The first-order valence-electron chi connectivity index (χ1n) is 7.24. The highest BCUT2D eigenvalue weighted by atomic mass is 16.4. The zero-order chi connectivity index (χ0) is 19.0. The molecule has 5 N–H and O–H groups in total. The Labute approximate surface area is 145 Å². The van der Waals surface area contributed by atoms with Crippen molar-refractivity contribution >= 4 is 29.0 Å². The fraction of sp³-hybridized carbons (Fsp3) is 0. The number of hydrogen-bond donors (Lipinski definition) is 5. The van der Waals surface area contributed by atoms with Crippen molar-refractivity contribution in [1.29, 1.82) is 0 Å². The van der Waals surface area contributed by atoms with Crippen LogP contribution < -0.4 is 0 Å². The monoisotopic (exact) mass is 356 g/mol. The molecule has 0 aliphatic carbocycles. The molecule has 3 aromatic rings. The fourth-order valence-electron chi connectivity index (χ4n) is 2.55. The van der Waals surface area contributed by atoms with E-state index in [1.807, 2.05) is 0 Å². The second-order valence-corrected chi connectivity index (χ2v) is 5.40. The van der Waals surface area contributed by atoms with E-state index in [-0.39, 0.29) is 44.9 Å². The molecule has 0 unspecified atom stereocenters. The van der Waals surface area contributed by atoms with E-state index in [1.54, 1.807) is 0 Å². The summed E-state index contributed by atoms with van der Waals surface area (Å²) in [7, 11) is 0. The summed E-state index contributed by atoms with van der Waals surface area (Å²) < 4.78 is 5.49. The molecule has 0 fully saturated rings. The molecule has 132 valence electrons. The number of carbonyl (C=O) groups is 2. The molecule has 1 aromatic heterocycles. The predicted octanol–water partition coefficient (Wildman–Crippen LogP) is 3.01. The van der Waals surface area contributed by atoms with E-state index in [2.05, 4.69) is 0 Å². The zero-order valence-corrected chi connectivity index (χ0v) is 13.0. The van der Waals surface area contributed by atoms with Crippen LogP contribution >= 0.6 is 0 Å². The summed E-state index contributed by atoms with van der Waals surface area (Å²) in [5, 5.41) is 47.5. The number of aliphatic carboxylic acids is 1. The molecule has 0 radical (unpaired) electrons. The lowest BCUT2D eigenvalue weighted by molar-refractivity contribution is -0.131. The molecular formula is C18H12O8. The standard InChI is InChI=1S/C18H12O8/c19-11-3-2-9(7-12(11)20)16-15(18(24)25)10-5-8(1-4-14(22)23)6-13(21)17(10)26-16/h1-7,19-21H,(H,22,23)(H,24,25). The molecule has 0 aliphatic rings. The van der Waals surface area contributed by atoms with Crippen LogP contribution in [0.25, 0.3) is 28.4 Å². The maximum Gasteiger partial charge on any atom is 0.340 e. The Morgan fingerprint density at radius 3 is 2.27 bits per heavy atom. The second kappa shape index (κ2) is 6.17. The summed E-state index contributed by atoms with van der Waals surface area (Å²) in [6.45, 7) is 0. The number of carboxylic acids is 2. The third-order valence-corrected chi connectivity index (χ3v) is 3.66. The summed E-state index contributed by atoms with van der Waals surface area (Å²) in [5.41, 5.74) is 0.0696. The van der Waals surface area contributed by atoms with Crippen molar-refractivity contribution in [3.8, 4) is 28.6 Å². The van der Waals surface area contributed by atoms with Crippen molar-refractivity contribution in [2.45, 2.75) is 0 Å². The summed E-state index contributed by atoms with van der Waals surface area (Å²) in [4.78, 5) is 22.4. The number of aromatic carboxylic acids is 1. The van der Waals surface area contributed by atoms with Crippen LogP contribution in [0, 0.1) is 0 Å². The van der Waals surface area contributed by atoms with E-state index in [0.29, 0.717) is 0 Å². The van der Waals surface area contributed by atoms with Crippen LogP contribution in [0.5, 0.6) is 17.2 Å². The minimum atomic E-state index is -1.34. The third kappa shape index (κ3) is 2.91. The van der Waals surface area contributed by atoms with Crippen LogP contribution in [0.4, 0.5) is 0 Å². The normalized spacial score (nSPS) is 11.2. The molecule has 0 saturated carbocycles. The van der Waals surface area contributed by atoms with Gasteiger partial charge in [-0.3, -0.25) is 0 Å². The minimum absolute atomic E-state index is 0.0603. The summed E-state index contributed by atoms with van der Waals surface area (Å²) in [6.07, 6.45) is 2.05. The number of rotatable bonds is 4. The van der Waals surface area contributed by atoms with Gasteiger partial charge in [-0.2, -0.15) is 0 Å². The zero-order valence-electron chi connectivity index (χ0n) is 13.0. The highest BCUT2D eigenvalue weighted by molar-refractivity contribution is 6.09. The Morgan fingerprint density at radius 1 is 0.923 bits per heavy atom. The maximum absolute atomic E-state index is 11.7. The predicted molar refractivity (Wildman–Crippen MR) is 90.3 cm³/mol. The molecule has 0 aliphatic heterocycles. The van der Waals surface area contributed by atoms with E-state index in [0.717, 1.165) is 12.1 Å². The van der Waals surface area contributed by atoms with Crippen LogP contribution in [-0.2, 0) is 4.79 Å². The van der Waals surface area contributed by atoms with Crippen LogP contribution in [0.3, 0.4) is 0 Å². The van der Waals surface area contributed by atoms with Crippen molar-refractivity contribution in [1.82, 2.24) is 0 Å². The average Bonchev–Trinajstić information content (AvgIpc) is 2.95. The highest BCUT2D eigenvalue weighted by Gasteiger charge is 2.24. The largest absolute Gasteiger partial charge is 0.504 e. The first-order valence-corrected chi connectivity index (χ1v) is 7.24. The van der Waals surface area contributed by atoms with E-state index in [9.17, 15) is 30.0 Å². The van der Waals surface area contributed by atoms with Crippen LogP contribution in [0.2, 0.25) is 0 Å². The molecule has 2 aromatic carbocycles. The fourth-order valence-corrected chi connectivity index (χ4v) is 2.55. The van der Waals surface area contributed by atoms with E-state index in [4.69, 9.17) is 9.52 Å². The maximum atomic E-state index is 11.7. The number of carboxylic acid groups (broad SMARTS) is 2. The molecule has 3 rings (SSSR count). The highest BCUT2D eigenvalue weighted by Crippen LogP contribution is 2.40. The quantitative estimate of drug-likeness (QED) is 0.354. The molecule has 0 amide bonds. The van der Waals surface area contributed by atoms with Gasteiger partial charge < -0.3 is 29.9 Å². The molecule has 0 spiro atoms. The van der Waals surface area contributed by atoms with Crippen LogP contribution in [0.1, 0.15) is 15.9 Å². The van der Waals surface area contributed by atoms with E-state index in [1.165, 1.54) is 30.3 Å². The molecule has 0 saturated heterocycles. The van der Waals surface area contributed by atoms with Crippen LogP contribution in [-0.4, -0.2) is 37.5 Å². The van der Waals surface area contributed by atoms with Crippen molar-refractivity contribution in [3.63, 3.8) is 0 Å². The SMILES string of the molecule is O=C(O)C=Cc1cc(O)c2oc(-c3ccc(O)c(O)c3)c(C(=O)O)c2c1.